The second-order valence-electron chi connectivity index (χ2n) is 5.99. The standard InChI is InChI=1S/C16H20N4O2S/c1-20-9-11(7-14(20)15(21)22-2)8-17-19-16(23)18-13-6-10-3-4-12(13)5-10/h3-4,7-10,12-13H,5-6H2,1-2H3,(H2,18,19,23)/b17-8-/t10-,12-,13-/m1/s1. The summed E-state index contributed by atoms with van der Waals surface area (Å²) in [5, 5.41) is 7.96. The summed E-state index contributed by atoms with van der Waals surface area (Å²) >= 11 is 5.27. The van der Waals surface area contributed by atoms with Crippen LogP contribution < -0.4 is 10.7 Å². The third-order valence-corrected chi connectivity index (χ3v) is 4.60. The summed E-state index contributed by atoms with van der Waals surface area (Å²) in [5.74, 6) is 0.909. The van der Waals surface area contributed by atoms with Gasteiger partial charge in [0.2, 0.25) is 0 Å². The number of carbonyl (C=O) groups is 1. The molecule has 122 valence electrons. The number of esters is 1. The van der Waals surface area contributed by atoms with E-state index in [2.05, 4.69) is 28.0 Å². The van der Waals surface area contributed by atoms with Crippen LogP contribution in [0.1, 0.15) is 28.9 Å². The molecule has 0 radical (unpaired) electrons. The van der Waals surface area contributed by atoms with Gasteiger partial charge in [-0.15, -0.1) is 0 Å². The summed E-state index contributed by atoms with van der Waals surface area (Å²) in [6.07, 6.45) is 10.4. The Kier molecular flexibility index (Phi) is 4.47. The molecule has 23 heavy (non-hydrogen) atoms. The summed E-state index contributed by atoms with van der Waals surface area (Å²) in [4.78, 5) is 11.5. The summed E-state index contributed by atoms with van der Waals surface area (Å²) in [6, 6.07) is 2.12. The lowest BCUT2D eigenvalue weighted by Crippen LogP contribution is -2.42. The normalized spacial score (nSPS) is 25.0. The number of ether oxygens (including phenoxy) is 1. The maximum absolute atomic E-state index is 11.5. The Bertz CT molecular complexity index is 680. The number of hydrogen-bond donors (Lipinski definition) is 2. The van der Waals surface area contributed by atoms with E-state index in [1.165, 1.54) is 13.5 Å². The van der Waals surface area contributed by atoms with Gasteiger partial charge in [0.25, 0.3) is 0 Å². The summed E-state index contributed by atoms with van der Waals surface area (Å²) in [7, 11) is 3.14. The minimum absolute atomic E-state index is 0.373. The number of thiocarbonyl (C=S) groups is 1. The first-order valence-corrected chi connectivity index (χ1v) is 8.00. The van der Waals surface area contributed by atoms with Crippen molar-refractivity contribution < 1.29 is 9.53 Å². The first kappa shape index (κ1) is 15.7. The van der Waals surface area contributed by atoms with Gasteiger partial charge in [-0.25, -0.2) is 4.79 Å². The van der Waals surface area contributed by atoms with E-state index in [9.17, 15) is 4.79 Å². The minimum Gasteiger partial charge on any atom is -0.464 e. The molecule has 3 atom stereocenters. The molecule has 6 nitrogen and oxygen atoms in total. The lowest BCUT2D eigenvalue weighted by atomic mass is 10.0. The van der Waals surface area contributed by atoms with Crippen molar-refractivity contribution in [3.8, 4) is 0 Å². The lowest BCUT2D eigenvalue weighted by Gasteiger charge is -2.20. The molecule has 0 aromatic carbocycles. The Morgan fingerprint density at radius 3 is 2.96 bits per heavy atom. The van der Waals surface area contributed by atoms with Crippen LogP contribution >= 0.6 is 12.2 Å². The van der Waals surface area contributed by atoms with Crippen molar-refractivity contribution in [1.29, 1.82) is 0 Å². The number of fused-ring (bicyclic) bond motifs is 2. The van der Waals surface area contributed by atoms with Crippen LogP contribution in [0.25, 0.3) is 0 Å². The lowest BCUT2D eigenvalue weighted by molar-refractivity contribution is 0.0590. The molecule has 1 aromatic rings. The molecule has 1 saturated carbocycles. The highest BCUT2D eigenvalue weighted by Crippen LogP contribution is 2.38. The van der Waals surface area contributed by atoms with Gasteiger partial charge in [0.1, 0.15) is 5.69 Å². The molecule has 7 heteroatoms. The minimum atomic E-state index is -0.373. The highest BCUT2D eigenvalue weighted by molar-refractivity contribution is 7.80. The number of aromatic nitrogens is 1. The maximum atomic E-state index is 11.5. The van der Waals surface area contributed by atoms with Crippen molar-refractivity contribution in [2.45, 2.75) is 18.9 Å². The molecule has 2 N–H and O–H groups in total. The molecule has 0 saturated heterocycles. The van der Waals surface area contributed by atoms with Crippen LogP contribution in [-0.2, 0) is 11.8 Å². The fourth-order valence-corrected chi connectivity index (χ4v) is 3.49. The third kappa shape index (κ3) is 3.44. The summed E-state index contributed by atoms with van der Waals surface area (Å²) in [6.45, 7) is 0. The van der Waals surface area contributed by atoms with E-state index in [1.807, 2.05) is 0 Å². The number of methoxy groups -OCH3 is 1. The van der Waals surface area contributed by atoms with E-state index in [0.29, 0.717) is 28.7 Å². The van der Waals surface area contributed by atoms with Crippen LogP contribution in [0.15, 0.2) is 29.5 Å². The average Bonchev–Trinajstić information content (AvgIpc) is 3.22. The van der Waals surface area contributed by atoms with Gasteiger partial charge in [0.05, 0.1) is 13.3 Å². The van der Waals surface area contributed by atoms with Crippen molar-refractivity contribution in [1.82, 2.24) is 15.3 Å². The van der Waals surface area contributed by atoms with E-state index in [4.69, 9.17) is 17.0 Å². The molecule has 2 aliphatic carbocycles. The van der Waals surface area contributed by atoms with E-state index >= 15 is 0 Å². The molecule has 0 unspecified atom stereocenters. The van der Waals surface area contributed by atoms with Crippen molar-refractivity contribution >= 4 is 29.5 Å². The topological polar surface area (TPSA) is 67.7 Å². The molecular formula is C16H20N4O2S. The largest absolute Gasteiger partial charge is 0.464 e. The fourth-order valence-electron chi connectivity index (χ4n) is 3.28. The highest BCUT2D eigenvalue weighted by Gasteiger charge is 2.35. The van der Waals surface area contributed by atoms with Gasteiger partial charge in [-0.2, -0.15) is 5.10 Å². The van der Waals surface area contributed by atoms with Crippen LogP contribution in [0.5, 0.6) is 0 Å². The zero-order chi connectivity index (χ0) is 16.4. The van der Waals surface area contributed by atoms with E-state index in [-0.39, 0.29) is 5.97 Å². The zero-order valence-corrected chi connectivity index (χ0v) is 14.0. The first-order chi connectivity index (χ1) is 11.1. The van der Waals surface area contributed by atoms with Crippen molar-refractivity contribution in [2.24, 2.45) is 24.0 Å². The Labute approximate surface area is 140 Å². The van der Waals surface area contributed by atoms with Gasteiger partial charge >= 0.3 is 5.97 Å². The molecular weight excluding hydrogens is 312 g/mol. The second-order valence-corrected chi connectivity index (χ2v) is 6.40. The van der Waals surface area contributed by atoms with Crippen molar-refractivity contribution in [3.63, 3.8) is 0 Å². The molecule has 0 spiro atoms. The first-order valence-electron chi connectivity index (χ1n) is 7.59. The SMILES string of the molecule is COC(=O)c1cc(/C=N\NC(=S)N[C@@H]2C[C@@H]3C=C[C@@H]2C3)cn1C. The molecule has 3 rings (SSSR count). The fraction of sp³-hybridized carbons (Fsp3) is 0.438. The van der Waals surface area contributed by atoms with Crippen molar-refractivity contribution in [3.05, 3.63) is 35.7 Å². The Balaban J connectivity index is 1.51. The Morgan fingerprint density at radius 2 is 2.30 bits per heavy atom. The van der Waals surface area contributed by atoms with E-state index in [1.54, 1.807) is 30.1 Å². The summed E-state index contributed by atoms with van der Waals surface area (Å²) < 4.78 is 6.42. The van der Waals surface area contributed by atoms with Crippen LogP contribution in [-0.4, -0.2) is 35.0 Å². The van der Waals surface area contributed by atoms with Crippen LogP contribution in [0, 0.1) is 11.8 Å². The number of carbonyl (C=O) groups excluding carboxylic acids is 1. The van der Waals surface area contributed by atoms with Crippen LogP contribution in [0.4, 0.5) is 0 Å². The smallest absolute Gasteiger partial charge is 0.354 e. The van der Waals surface area contributed by atoms with Gasteiger partial charge in [-0.3, -0.25) is 5.43 Å². The van der Waals surface area contributed by atoms with Crippen LogP contribution in [0.3, 0.4) is 0 Å². The molecule has 0 amide bonds. The quantitative estimate of drug-likeness (QED) is 0.288. The molecule has 1 heterocycles. The number of allylic oxidation sites excluding steroid dienone is 1. The van der Waals surface area contributed by atoms with Gasteiger partial charge in [0.15, 0.2) is 5.11 Å². The van der Waals surface area contributed by atoms with E-state index < -0.39 is 0 Å². The molecule has 2 aliphatic rings. The van der Waals surface area contributed by atoms with Gasteiger partial charge < -0.3 is 14.6 Å². The predicted molar refractivity (Wildman–Crippen MR) is 92.4 cm³/mol. The predicted octanol–water partition coefficient (Wildman–Crippen LogP) is 1.57. The molecule has 1 aromatic heterocycles. The van der Waals surface area contributed by atoms with Crippen molar-refractivity contribution in [2.75, 3.05) is 7.11 Å². The Hall–Kier alpha value is -2.15. The molecule has 1 fully saturated rings. The number of nitrogens with zero attached hydrogens (tertiary/aromatic N) is 2. The monoisotopic (exact) mass is 332 g/mol. The highest BCUT2D eigenvalue weighted by atomic mass is 32.1. The second kappa shape index (κ2) is 6.54. The maximum Gasteiger partial charge on any atom is 0.354 e. The van der Waals surface area contributed by atoms with E-state index in [0.717, 1.165) is 12.0 Å². The van der Waals surface area contributed by atoms with Gasteiger partial charge in [-0.1, -0.05) is 12.2 Å². The number of hydrazone groups is 1. The van der Waals surface area contributed by atoms with Crippen LogP contribution in [0.2, 0.25) is 0 Å². The Morgan fingerprint density at radius 1 is 1.48 bits per heavy atom. The number of nitrogens with one attached hydrogen (secondary N) is 2. The van der Waals surface area contributed by atoms with Gasteiger partial charge in [0, 0.05) is 24.8 Å². The summed E-state index contributed by atoms with van der Waals surface area (Å²) in [5.41, 5.74) is 4.10. The zero-order valence-electron chi connectivity index (χ0n) is 13.2. The number of hydrogen-bond acceptors (Lipinski definition) is 4. The number of rotatable bonds is 4. The number of aryl methyl sites for hydroxylation is 1. The molecule has 2 bridgehead atoms. The average molecular weight is 332 g/mol. The molecule has 0 aliphatic heterocycles. The van der Waals surface area contributed by atoms with Gasteiger partial charge in [-0.05, 0) is 43.0 Å². The third-order valence-electron chi connectivity index (χ3n) is 4.40.